The lowest BCUT2D eigenvalue weighted by Gasteiger charge is -2.25. The highest BCUT2D eigenvalue weighted by atomic mass is 32.1. The third-order valence-electron chi connectivity index (χ3n) is 4.78. The quantitative estimate of drug-likeness (QED) is 0.729. The van der Waals surface area contributed by atoms with Crippen molar-refractivity contribution in [2.75, 3.05) is 25.0 Å². The van der Waals surface area contributed by atoms with Gasteiger partial charge in [0.2, 0.25) is 5.91 Å². The minimum atomic E-state index is 0.0649. The maximum Gasteiger partial charge on any atom is 0.238 e. The molecule has 26 heavy (non-hydrogen) atoms. The van der Waals surface area contributed by atoms with Crippen LogP contribution in [-0.4, -0.2) is 35.4 Å². The summed E-state index contributed by atoms with van der Waals surface area (Å²) in [6, 6.07) is 14.3. The Hall–Kier alpha value is -2.24. The van der Waals surface area contributed by atoms with E-state index in [0.717, 1.165) is 34.9 Å². The molecule has 3 aromatic rings. The van der Waals surface area contributed by atoms with Crippen LogP contribution in [0.5, 0.6) is 0 Å². The van der Waals surface area contributed by atoms with Crippen LogP contribution in [0.3, 0.4) is 0 Å². The van der Waals surface area contributed by atoms with E-state index < -0.39 is 0 Å². The van der Waals surface area contributed by atoms with E-state index in [4.69, 9.17) is 4.98 Å². The molecule has 0 atom stereocenters. The number of aryl methyl sites for hydroxylation is 1. The lowest BCUT2D eigenvalue weighted by molar-refractivity contribution is -0.117. The Bertz CT molecular complexity index is 911. The number of rotatable bonds is 4. The zero-order valence-corrected chi connectivity index (χ0v) is 15.8. The summed E-state index contributed by atoms with van der Waals surface area (Å²) in [5, 5.41) is 4.02. The molecule has 5 heteroatoms. The number of fused-ring (bicyclic) bond motifs is 1. The Morgan fingerprint density at radius 1 is 1.12 bits per heavy atom. The van der Waals surface area contributed by atoms with Crippen molar-refractivity contribution >= 4 is 33.1 Å². The van der Waals surface area contributed by atoms with E-state index in [-0.39, 0.29) is 5.91 Å². The Morgan fingerprint density at radius 2 is 1.88 bits per heavy atom. The van der Waals surface area contributed by atoms with Crippen molar-refractivity contribution in [1.29, 1.82) is 0 Å². The first kappa shape index (κ1) is 17.2. The Kier molecular flexibility index (Phi) is 5.00. The number of likely N-dealkylation sites (tertiary alicyclic amines) is 1. The molecule has 2 aromatic carbocycles. The molecule has 1 amide bonds. The van der Waals surface area contributed by atoms with Gasteiger partial charge in [-0.05, 0) is 74.8 Å². The summed E-state index contributed by atoms with van der Waals surface area (Å²) >= 11 is 1.70. The van der Waals surface area contributed by atoms with Gasteiger partial charge >= 0.3 is 0 Å². The number of anilines is 1. The maximum absolute atomic E-state index is 12.2. The molecule has 0 aliphatic carbocycles. The zero-order chi connectivity index (χ0) is 17.9. The van der Waals surface area contributed by atoms with E-state index >= 15 is 0 Å². The monoisotopic (exact) mass is 365 g/mol. The molecule has 4 rings (SSSR count). The molecule has 0 unspecified atom stereocenters. The molecule has 0 bridgehead atoms. The van der Waals surface area contributed by atoms with Crippen molar-refractivity contribution in [1.82, 2.24) is 9.88 Å². The van der Waals surface area contributed by atoms with Crippen LogP contribution >= 0.6 is 11.3 Å². The van der Waals surface area contributed by atoms with E-state index in [9.17, 15) is 4.79 Å². The number of aromatic nitrogens is 1. The Morgan fingerprint density at radius 3 is 2.65 bits per heavy atom. The van der Waals surface area contributed by atoms with Crippen molar-refractivity contribution in [3.8, 4) is 10.6 Å². The normalized spacial score (nSPS) is 15.3. The van der Waals surface area contributed by atoms with Gasteiger partial charge in [0.1, 0.15) is 5.01 Å². The summed E-state index contributed by atoms with van der Waals surface area (Å²) in [4.78, 5) is 19.2. The van der Waals surface area contributed by atoms with Crippen molar-refractivity contribution in [3.63, 3.8) is 0 Å². The van der Waals surface area contributed by atoms with Crippen LogP contribution in [0.15, 0.2) is 42.5 Å². The second-order valence-corrected chi connectivity index (χ2v) is 7.98. The van der Waals surface area contributed by atoms with Crippen LogP contribution in [0.1, 0.15) is 24.8 Å². The van der Waals surface area contributed by atoms with Crippen LogP contribution in [0, 0.1) is 6.92 Å². The van der Waals surface area contributed by atoms with Crippen LogP contribution in [0.2, 0.25) is 0 Å². The average Bonchev–Trinajstić information content (AvgIpc) is 3.06. The molecule has 0 spiro atoms. The SMILES string of the molecule is Cc1ccc2nc(-c3ccc(NC(=O)CN4CCCCC4)cc3)sc2c1. The van der Waals surface area contributed by atoms with Crippen LogP contribution in [0.25, 0.3) is 20.8 Å². The number of amides is 1. The van der Waals surface area contributed by atoms with Crippen molar-refractivity contribution in [2.24, 2.45) is 0 Å². The third kappa shape index (κ3) is 3.94. The Labute approximate surface area is 157 Å². The third-order valence-corrected chi connectivity index (χ3v) is 5.84. The first-order valence-corrected chi connectivity index (χ1v) is 9.99. The average molecular weight is 366 g/mol. The van der Waals surface area contributed by atoms with Gasteiger partial charge in [-0.2, -0.15) is 0 Å². The predicted octanol–water partition coefficient (Wildman–Crippen LogP) is 4.70. The topological polar surface area (TPSA) is 45.2 Å². The molecule has 1 aromatic heterocycles. The number of thiazole rings is 1. The van der Waals surface area contributed by atoms with Gasteiger partial charge in [0.05, 0.1) is 16.8 Å². The van der Waals surface area contributed by atoms with Gasteiger partial charge in [-0.1, -0.05) is 12.5 Å². The number of piperidine rings is 1. The molecule has 0 radical (unpaired) electrons. The maximum atomic E-state index is 12.2. The van der Waals surface area contributed by atoms with E-state index in [1.807, 2.05) is 24.3 Å². The number of nitrogens with one attached hydrogen (secondary N) is 1. The molecule has 1 aliphatic rings. The predicted molar refractivity (Wildman–Crippen MR) is 109 cm³/mol. The summed E-state index contributed by atoms with van der Waals surface area (Å²) in [6.45, 7) is 4.64. The minimum absolute atomic E-state index is 0.0649. The van der Waals surface area contributed by atoms with Crippen LogP contribution in [0.4, 0.5) is 5.69 Å². The number of carbonyl (C=O) groups is 1. The van der Waals surface area contributed by atoms with Crippen LogP contribution in [-0.2, 0) is 4.79 Å². The van der Waals surface area contributed by atoms with Crippen molar-refractivity contribution < 1.29 is 4.79 Å². The molecule has 2 heterocycles. The molecule has 1 aliphatic heterocycles. The van der Waals surface area contributed by atoms with E-state index in [2.05, 4.69) is 35.3 Å². The number of benzene rings is 2. The molecule has 4 nitrogen and oxygen atoms in total. The Balaban J connectivity index is 1.43. The number of carbonyl (C=O) groups excluding carboxylic acids is 1. The number of hydrogen-bond donors (Lipinski definition) is 1. The van der Waals surface area contributed by atoms with E-state index in [1.165, 1.54) is 29.5 Å². The van der Waals surface area contributed by atoms with Gasteiger partial charge < -0.3 is 5.32 Å². The smallest absolute Gasteiger partial charge is 0.238 e. The first-order valence-electron chi connectivity index (χ1n) is 9.17. The fraction of sp³-hybridized carbons (Fsp3) is 0.333. The standard InChI is InChI=1S/C21H23N3OS/c1-15-5-10-18-19(13-15)26-21(23-18)16-6-8-17(9-7-16)22-20(25)14-24-11-3-2-4-12-24/h5-10,13H,2-4,11-12,14H2,1H3,(H,22,25). The highest BCUT2D eigenvalue weighted by Gasteiger charge is 2.14. The van der Waals surface area contributed by atoms with Crippen molar-refractivity contribution in [2.45, 2.75) is 26.2 Å². The largest absolute Gasteiger partial charge is 0.325 e. The summed E-state index contributed by atoms with van der Waals surface area (Å²) in [7, 11) is 0. The molecule has 0 saturated carbocycles. The van der Waals surface area contributed by atoms with Gasteiger partial charge in [-0.15, -0.1) is 11.3 Å². The van der Waals surface area contributed by atoms with Gasteiger partial charge in [0.25, 0.3) is 0 Å². The second-order valence-electron chi connectivity index (χ2n) is 6.95. The van der Waals surface area contributed by atoms with Gasteiger partial charge in [-0.25, -0.2) is 4.98 Å². The number of hydrogen-bond acceptors (Lipinski definition) is 4. The lowest BCUT2D eigenvalue weighted by Crippen LogP contribution is -2.36. The summed E-state index contributed by atoms with van der Waals surface area (Å²) in [5.41, 5.74) is 4.21. The van der Waals surface area contributed by atoms with E-state index in [1.54, 1.807) is 11.3 Å². The molecule has 134 valence electrons. The molecule has 1 N–H and O–H groups in total. The highest BCUT2D eigenvalue weighted by Crippen LogP contribution is 2.31. The fourth-order valence-electron chi connectivity index (χ4n) is 3.37. The highest BCUT2D eigenvalue weighted by molar-refractivity contribution is 7.21. The molecular weight excluding hydrogens is 342 g/mol. The molecule has 1 saturated heterocycles. The first-order chi connectivity index (χ1) is 12.7. The lowest BCUT2D eigenvalue weighted by atomic mass is 10.1. The minimum Gasteiger partial charge on any atom is -0.325 e. The fourth-order valence-corrected chi connectivity index (χ4v) is 4.44. The molecular formula is C21H23N3OS. The van der Waals surface area contributed by atoms with Gasteiger partial charge in [0.15, 0.2) is 0 Å². The van der Waals surface area contributed by atoms with E-state index in [0.29, 0.717) is 6.54 Å². The summed E-state index contributed by atoms with van der Waals surface area (Å²) < 4.78 is 1.21. The molecule has 1 fully saturated rings. The summed E-state index contributed by atoms with van der Waals surface area (Å²) in [6.07, 6.45) is 3.68. The second kappa shape index (κ2) is 7.56. The summed E-state index contributed by atoms with van der Waals surface area (Å²) in [5.74, 6) is 0.0649. The number of nitrogens with zero attached hydrogens (tertiary/aromatic N) is 2. The van der Waals surface area contributed by atoms with Gasteiger partial charge in [-0.3, -0.25) is 9.69 Å². The van der Waals surface area contributed by atoms with Crippen LogP contribution < -0.4 is 5.32 Å². The van der Waals surface area contributed by atoms with Crippen molar-refractivity contribution in [3.05, 3.63) is 48.0 Å². The van der Waals surface area contributed by atoms with Gasteiger partial charge in [0, 0.05) is 11.3 Å². The zero-order valence-electron chi connectivity index (χ0n) is 15.0.